The Bertz CT molecular complexity index is 1020. The first-order chi connectivity index (χ1) is 13.6. The van der Waals surface area contributed by atoms with Crippen LogP contribution in [0.4, 0.5) is 14.5 Å². The molecule has 0 aliphatic carbocycles. The number of hydrogen-bond donors (Lipinski definition) is 0. The zero-order valence-corrected chi connectivity index (χ0v) is 15.1. The average Bonchev–Trinajstić information content (AvgIpc) is 3.07. The summed E-state index contributed by atoms with van der Waals surface area (Å²) in [6, 6.07) is 14.0. The van der Waals surface area contributed by atoms with Crippen LogP contribution in [0, 0.1) is 21.7 Å². The molecular weight excluding hydrogens is 364 g/mol. The van der Waals surface area contributed by atoms with Crippen molar-refractivity contribution in [1.29, 1.82) is 0 Å². The van der Waals surface area contributed by atoms with Gasteiger partial charge in [-0.15, -0.1) is 0 Å². The number of nitro benzene ring substituents is 1. The summed E-state index contributed by atoms with van der Waals surface area (Å²) >= 11 is 0. The van der Waals surface area contributed by atoms with Gasteiger partial charge >= 0.3 is 0 Å². The molecule has 0 spiro atoms. The molecule has 144 valence electrons. The molecule has 0 radical (unpaired) electrons. The Morgan fingerprint density at radius 3 is 2.68 bits per heavy atom. The second kappa shape index (κ2) is 7.52. The lowest BCUT2D eigenvalue weighted by Gasteiger charge is -2.30. The number of hydrogen-bond acceptors (Lipinski definition) is 3. The lowest BCUT2D eigenvalue weighted by Crippen LogP contribution is -2.30. The standard InChI is InChI=1S/C21H19F2N3O2/c22-17-8-3-7-16(20(17)23)21-19-10-4-11-24(19)12-5-13-25(21)14-15-6-1-2-9-18(15)26(27)28/h1-4,6-11,21H,5,12-14H2/t21-/m0/s1. The summed E-state index contributed by atoms with van der Waals surface area (Å²) < 4.78 is 30.7. The van der Waals surface area contributed by atoms with Gasteiger partial charge in [0.1, 0.15) is 0 Å². The summed E-state index contributed by atoms with van der Waals surface area (Å²) in [5.74, 6) is -1.78. The van der Waals surface area contributed by atoms with E-state index in [1.807, 2.05) is 27.8 Å². The van der Waals surface area contributed by atoms with E-state index in [1.165, 1.54) is 12.1 Å². The Morgan fingerprint density at radius 2 is 1.86 bits per heavy atom. The Morgan fingerprint density at radius 1 is 1.04 bits per heavy atom. The molecule has 2 aromatic carbocycles. The van der Waals surface area contributed by atoms with Crippen molar-refractivity contribution < 1.29 is 13.7 Å². The van der Waals surface area contributed by atoms with E-state index in [1.54, 1.807) is 24.3 Å². The number of aryl methyl sites for hydroxylation is 1. The molecule has 5 nitrogen and oxygen atoms in total. The Kier molecular flexibility index (Phi) is 4.92. The number of para-hydroxylation sites is 1. The molecule has 1 aliphatic rings. The fraction of sp³-hybridized carbons (Fsp3) is 0.238. The van der Waals surface area contributed by atoms with E-state index in [-0.39, 0.29) is 17.8 Å². The summed E-state index contributed by atoms with van der Waals surface area (Å²) in [6.07, 6.45) is 2.73. The fourth-order valence-corrected chi connectivity index (χ4v) is 3.94. The van der Waals surface area contributed by atoms with Crippen LogP contribution in [0.25, 0.3) is 0 Å². The highest BCUT2D eigenvalue weighted by atomic mass is 19.2. The quantitative estimate of drug-likeness (QED) is 0.486. The molecular formula is C21H19F2N3O2. The summed E-state index contributed by atoms with van der Waals surface area (Å²) in [4.78, 5) is 13.0. The van der Waals surface area contributed by atoms with Crippen molar-refractivity contribution >= 4 is 5.69 Å². The van der Waals surface area contributed by atoms with Gasteiger partial charge in [-0.25, -0.2) is 8.78 Å². The lowest BCUT2D eigenvalue weighted by molar-refractivity contribution is -0.385. The van der Waals surface area contributed by atoms with Crippen LogP contribution in [0.15, 0.2) is 60.8 Å². The van der Waals surface area contributed by atoms with E-state index >= 15 is 0 Å². The smallest absolute Gasteiger partial charge is 0.273 e. The van der Waals surface area contributed by atoms with Gasteiger partial charge in [0.05, 0.1) is 11.0 Å². The predicted octanol–water partition coefficient (Wildman–Crippen LogP) is 4.67. The molecule has 7 heteroatoms. The highest BCUT2D eigenvalue weighted by Gasteiger charge is 2.31. The van der Waals surface area contributed by atoms with Crippen molar-refractivity contribution in [2.45, 2.75) is 25.6 Å². The molecule has 3 aromatic rings. The van der Waals surface area contributed by atoms with Crippen LogP contribution in [0.3, 0.4) is 0 Å². The molecule has 2 heterocycles. The van der Waals surface area contributed by atoms with Crippen LogP contribution in [0.1, 0.15) is 29.3 Å². The molecule has 0 N–H and O–H groups in total. The summed E-state index contributed by atoms with van der Waals surface area (Å²) in [6.45, 7) is 1.63. The van der Waals surface area contributed by atoms with Gasteiger partial charge in [-0.3, -0.25) is 15.0 Å². The Labute approximate surface area is 161 Å². The molecule has 28 heavy (non-hydrogen) atoms. The zero-order chi connectivity index (χ0) is 19.7. The lowest BCUT2D eigenvalue weighted by atomic mass is 10.00. The third-order valence-corrected chi connectivity index (χ3v) is 5.19. The van der Waals surface area contributed by atoms with E-state index in [4.69, 9.17) is 0 Å². The summed E-state index contributed by atoms with van der Waals surface area (Å²) in [5.41, 5.74) is 1.66. The van der Waals surface area contributed by atoms with Gasteiger partial charge in [-0.1, -0.05) is 30.3 Å². The number of rotatable bonds is 4. The fourth-order valence-electron chi connectivity index (χ4n) is 3.94. The van der Waals surface area contributed by atoms with Crippen LogP contribution < -0.4 is 0 Å². The minimum atomic E-state index is -0.898. The Balaban J connectivity index is 1.81. The maximum Gasteiger partial charge on any atom is 0.273 e. The first-order valence-electron chi connectivity index (χ1n) is 9.11. The van der Waals surface area contributed by atoms with Crippen molar-refractivity contribution in [2.24, 2.45) is 0 Å². The minimum Gasteiger partial charge on any atom is -0.350 e. The van der Waals surface area contributed by atoms with E-state index in [2.05, 4.69) is 0 Å². The van der Waals surface area contributed by atoms with Crippen molar-refractivity contribution in [1.82, 2.24) is 9.47 Å². The SMILES string of the molecule is O=[N+]([O-])c1ccccc1CN1CCCn2cccc2[C@@H]1c1cccc(F)c1F. The van der Waals surface area contributed by atoms with Crippen molar-refractivity contribution in [3.63, 3.8) is 0 Å². The van der Waals surface area contributed by atoms with E-state index in [0.717, 1.165) is 24.7 Å². The molecule has 1 aliphatic heterocycles. The van der Waals surface area contributed by atoms with E-state index in [0.29, 0.717) is 12.1 Å². The third-order valence-electron chi connectivity index (χ3n) is 5.19. The van der Waals surface area contributed by atoms with Crippen LogP contribution >= 0.6 is 0 Å². The first-order valence-corrected chi connectivity index (χ1v) is 9.11. The number of nitrogens with zero attached hydrogens (tertiary/aromatic N) is 3. The molecule has 0 saturated carbocycles. The zero-order valence-electron chi connectivity index (χ0n) is 15.1. The first kappa shape index (κ1) is 18.3. The predicted molar refractivity (Wildman–Crippen MR) is 101 cm³/mol. The van der Waals surface area contributed by atoms with Crippen molar-refractivity contribution in [2.75, 3.05) is 6.54 Å². The van der Waals surface area contributed by atoms with Gasteiger partial charge in [0.25, 0.3) is 5.69 Å². The summed E-state index contributed by atoms with van der Waals surface area (Å²) in [7, 11) is 0. The number of benzene rings is 2. The highest BCUT2D eigenvalue weighted by Crippen LogP contribution is 2.35. The molecule has 0 saturated heterocycles. The highest BCUT2D eigenvalue weighted by molar-refractivity contribution is 5.40. The second-order valence-electron chi connectivity index (χ2n) is 6.88. The topological polar surface area (TPSA) is 51.3 Å². The molecule has 0 unspecified atom stereocenters. The van der Waals surface area contributed by atoms with Gasteiger partial charge in [-0.05, 0) is 24.6 Å². The molecule has 4 rings (SSSR count). The van der Waals surface area contributed by atoms with E-state index < -0.39 is 22.6 Å². The molecule has 0 amide bonds. The second-order valence-corrected chi connectivity index (χ2v) is 6.88. The molecule has 1 atom stereocenters. The van der Waals surface area contributed by atoms with Crippen molar-refractivity contribution in [3.05, 3.63) is 99.4 Å². The van der Waals surface area contributed by atoms with Gasteiger partial charge in [-0.2, -0.15) is 0 Å². The molecule has 1 aromatic heterocycles. The van der Waals surface area contributed by atoms with Gasteiger partial charge in [0, 0.05) is 48.7 Å². The minimum absolute atomic E-state index is 0.0283. The van der Waals surface area contributed by atoms with Crippen molar-refractivity contribution in [3.8, 4) is 0 Å². The maximum atomic E-state index is 14.7. The van der Waals surface area contributed by atoms with Gasteiger partial charge in [0.15, 0.2) is 11.6 Å². The molecule has 0 fully saturated rings. The largest absolute Gasteiger partial charge is 0.350 e. The van der Waals surface area contributed by atoms with E-state index in [9.17, 15) is 18.9 Å². The van der Waals surface area contributed by atoms with Crippen LogP contribution in [-0.2, 0) is 13.1 Å². The Hall–Kier alpha value is -3.06. The normalized spacial score (nSPS) is 17.1. The number of halogens is 2. The molecule has 0 bridgehead atoms. The maximum absolute atomic E-state index is 14.7. The third kappa shape index (κ3) is 3.29. The monoisotopic (exact) mass is 383 g/mol. The van der Waals surface area contributed by atoms with Crippen LogP contribution in [0.5, 0.6) is 0 Å². The number of aromatic nitrogens is 1. The van der Waals surface area contributed by atoms with Crippen LogP contribution in [0.2, 0.25) is 0 Å². The van der Waals surface area contributed by atoms with Crippen LogP contribution in [-0.4, -0.2) is 20.9 Å². The average molecular weight is 383 g/mol. The van der Waals surface area contributed by atoms with Gasteiger partial charge in [0.2, 0.25) is 0 Å². The number of nitro groups is 1. The summed E-state index contributed by atoms with van der Waals surface area (Å²) in [5, 5.41) is 11.4. The number of fused-ring (bicyclic) bond motifs is 1. The van der Waals surface area contributed by atoms with Gasteiger partial charge < -0.3 is 4.57 Å².